The van der Waals surface area contributed by atoms with Crippen molar-refractivity contribution in [3.63, 3.8) is 0 Å². The fourth-order valence-corrected chi connectivity index (χ4v) is 5.17. The van der Waals surface area contributed by atoms with E-state index in [0.717, 1.165) is 18.4 Å². The van der Waals surface area contributed by atoms with Crippen LogP contribution in [0.5, 0.6) is 11.5 Å². The lowest BCUT2D eigenvalue weighted by atomic mass is 9.84. The number of hydrogen-bond donors (Lipinski definition) is 2. The Kier molecular flexibility index (Phi) is 8.25. The predicted molar refractivity (Wildman–Crippen MR) is 129 cm³/mol. The number of aromatic nitrogens is 2. The van der Waals surface area contributed by atoms with Gasteiger partial charge in [-0.2, -0.15) is 5.10 Å². The van der Waals surface area contributed by atoms with Gasteiger partial charge in [0.2, 0.25) is 12.7 Å². The van der Waals surface area contributed by atoms with Gasteiger partial charge in [-0.3, -0.25) is 19.2 Å². The molecule has 3 heterocycles. The number of hydrogen-bond acceptors (Lipinski definition) is 7. The summed E-state index contributed by atoms with van der Waals surface area (Å²) >= 11 is 0. The molecule has 0 spiro atoms. The Morgan fingerprint density at radius 1 is 1.26 bits per heavy atom. The maximum absolute atomic E-state index is 13.3. The summed E-state index contributed by atoms with van der Waals surface area (Å²) in [6, 6.07) is 7.14. The smallest absolute Gasteiger partial charge is 0.308 e. The predicted octanol–water partition coefficient (Wildman–Crippen LogP) is 1.76. The molecule has 35 heavy (non-hydrogen) atoms. The van der Waals surface area contributed by atoms with Crippen LogP contribution in [0.2, 0.25) is 0 Å². The van der Waals surface area contributed by atoms with Crippen molar-refractivity contribution in [3.8, 4) is 11.5 Å². The van der Waals surface area contributed by atoms with Crippen molar-refractivity contribution in [2.24, 2.45) is 11.7 Å². The molecular weight excluding hydrogens is 450 g/mol. The second kappa shape index (κ2) is 11.5. The summed E-state index contributed by atoms with van der Waals surface area (Å²) in [6.45, 7) is 5.01. The van der Waals surface area contributed by atoms with E-state index in [1.165, 1.54) is 0 Å². The molecule has 3 unspecified atom stereocenters. The van der Waals surface area contributed by atoms with E-state index in [9.17, 15) is 14.7 Å². The van der Waals surface area contributed by atoms with Gasteiger partial charge in [-0.05, 0) is 36.6 Å². The number of carbonyl (C=O) groups excluding carboxylic acids is 1. The number of carboxylic acid groups (broad SMARTS) is 1. The van der Waals surface area contributed by atoms with Crippen molar-refractivity contribution < 1.29 is 24.2 Å². The lowest BCUT2D eigenvalue weighted by Gasteiger charge is -2.29. The van der Waals surface area contributed by atoms with Gasteiger partial charge in [0.15, 0.2) is 11.5 Å². The van der Waals surface area contributed by atoms with Gasteiger partial charge in [0.25, 0.3) is 0 Å². The van der Waals surface area contributed by atoms with Gasteiger partial charge in [-0.1, -0.05) is 19.4 Å². The van der Waals surface area contributed by atoms with Crippen LogP contribution >= 0.6 is 0 Å². The van der Waals surface area contributed by atoms with Crippen molar-refractivity contribution >= 4 is 11.9 Å². The minimum atomic E-state index is -0.863. The number of ether oxygens (including phenoxy) is 2. The van der Waals surface area contributed by atoms with Gasteiger partial charge in [-0.15, -0.1) is 0 Å². The van der Waals surface area contributed by atoms with Gasteiger partial charge in [0.1, 0.15) is 0 Å². The molecule has 190 valence electrons. The van der Waals surface area contributed by atoms with Gasteiger partial charge in [0.05, 0.1) is 12.5 Å². The van der Waals surface area contributed by atoms with E-state index < -0.39 is 11.9 Å². The van der Waals surface area contributed by atoms with E-state index in [0.29, 0.717) is 50.6 Å². The summed E-state index contributed by atoms with van der Waals surface area (Å²) < 4.78 is 12.8. The summed E-state index contributed by atoms with van der Waals surface area (Å²) in [4.78, 5) is 29.7. The number of benzene rings is 1. The van der Waals surface area contributed by atoms with Gasteiger partial charge in [-0.25, -0.2) is 0 Å². The van der Waals surface area contributed by atoms with E-state index in [2.05, 4.69) is 12.0 Å². The van der Waals surface area contributed by atoms with Crippen molar-refractivity contribution in [1.29, 1.82) is 0 Å². The topological polar surface area (TPSA) is 123 Å². The first-order valence-electron chi connectivity index (χ1n) is 12.3. The molecule has 3 N–H and O–H groups in total. The van der Waals surface area contributed by atoms with Gasteiger partial charge < -0.3 is 25.2 Å². The monoisotopic (exact) mass is 485 g/mol. The van der Waals surface area contributed by atoms with Crippen LogP contribution in [0.15, 0.2) is 36.7 Å². The molecule has 10 nitrogen and oxygen atoms in total. The molecule has 1 aromatic carbocycles. The molecule has 2 aliphatic rings. The number of amides is 1. The molecule has 10 heteroatoms. The van der Waals surface area contributed by atoms with Crippen LogP contribution in [-0.2, 0) is 16.1 Å². The number of rotatable bonds is 12. The molecule has 0 saturated carbocycles. The van der Waals surface area contributed by atoms with Crippen LogP contribution in [0.4, 0.5) is 0 Å². The maximum Gasteiger partial charge on any atom is 0.308 e. The first kappa shape index (κ1) is 25.0. The number of aryl methyl sites for hydroxylation is 1. The largest absolute Gasteiger partial charge is 0.481 e. The third-order valence-corrected chi connectivity index (χ3v) is 6.94. The highest BCUT2D eigenvalue weighted by molar-refractivity contribution is 5.79. The Bertz CT molecular complexity index is 998. The summed E-state index contributed by atoms with van der Waals surface area (Å²) in [7, 11) is 0. The van der Waals surface area contributed by atoms with Crippen LogP contribution in [0, 0.1) is 5.92 Å². The zero-order chi connectivity index (χ0) is 24.8. The van der Waals surface area contributed by atoms with E-state index in [-0.39, 0.29) is 31.2 Å². The third kappa shape index (κ3) is 5.76. The third-order valence-electron chi connectivity index (χ3n) is 6.94. The van der Waals surface area contributed by atoms with E-state index in [4.69, 9.17) is 15.2 Å². The first-order valence-corrected chi connectivity index (χ1v) is 12.3. The van der Waals surface area contributed by atoms with E-state index in [1.807, 2.05) is 35.4 Å². The van der Waals surface area contributed by atoms with Gasteiger partial charge >= 0.3 is 5.97 Å². The zero-order valence-electron chi connectivity index (χ0n) is 20.2. The molecule has 0 bridgehead atoms. The van der Waals surface area contributed by atoms with Gasteiger partial charge in [0, 0.05) is 57.1 Å². The van der Waals surface area contributed by atoms with Crippen LogP contribution < -0.4 is 15.2 Å². The number of likely N-dealkylation sites (tertiary alicyclic amines) is 1. The zero-order valence-corrected chi connectivity index (χ0v) is 20.2. The molecule has 0 aliphatic carbocycles. The average Bonchev–Trinajstić information content (AvgIpc) is 3.59. The van der Waals surface area contributed by atoms with Crippen LogP contribution in [0.3, 0.4) is 0 Å². The summed E-state index contributed by atoms with van der Waals surface area (Å²) in [6.07, 6.45) is 6.03. The molecule has 1 fully saturated rings. The molecule has 1 aromatic heterocycles. The average molecular weight is 486 g/mol. The Morgan fingerprint density at radius 2 is 2.09 bits per heavy atom. The summed E-state index contributed by atoms with van der Waals surface area (Å²) in [5, 5.41) is 14.6. The number of carbonyl (C=O) groups is 2. The number of nitrogens with zero attached hydrogens (tertiary/aromatic N) is 4. The van der Waals surface area contributed by atoms with Crippen molar-refractivity contribution in [2.45, 2.75) is 44.7 Å². The normalized spacial score (nSPS) is 21.4. The molecule has 4 rings (SSSR count). The number of fused-ring (bicyclic) bond motifs is 1. The maximum atomic E-state index is 13.3. The highest BCUT2D eigenvalue weighted by atomic mass is 16.7. The summed E-state index contributed by atoms with van der Waals surface area (Å²) in [5.74, 6) is -0.535. The molecular formula is C25H35N5O5. The highest BCUT2D eigenvalue weighted by Crippen LogP contribution is 2.42. The van der Waals surface area contributed by atoms with Crippen molar-refractivity contribution in [2.75, 3.05) is 39.5 Å². The first-order chi connectivity index (χ1) is 17.0. The fraction of sp³-hybridized carbons (Fsp3) is 0.560. The number of carboxylic acids is 1. The van der Waals surface area contributed by atoms with E-state index >= 15 is 0 Å². The Balaban J connectivity index is 1.58. The number of aliphatic carboxylic acids is 1. The number of unbranched alkanes of at least 4 members (excludes halogenated alkanes) is 1. The standard InChI is InChI=1S/C25H35N5O5/c1-2-3-10-28(13-8-26)23(31)16-29-15-19(18-5-6-21-22(14-18)35-17-34-21)24(25(32)33)20(29)7-12-30-11-4-9-27-30/h4-6,9,11,14,19-20,24H,2-3,7-8,10,12-13,15-17,26H2,1H3,(H,32,33). The number of nitrogens with two attached hydrogens (primary N) is 1. The quantitative estimate of drug-likeness (QED) is 0.466. The minimum absolute atomic E-state index is 0.0107. The lowest BCUT2D eigenvalue weighted by molar-refractivity contribution is -0.144. The molecule has 3 atom stereocenters. The minimum Gasteiger partial charge on any atom is -0.481 e. The van der Waals surface area contributed by atoms with Crippen molar-refractivity contribution in [3.05, 3.63) is 42.2 Å². The Hall–Kier alpha value is -3.11. The van der Waals surface area contributed by atoms with Crippen molar-refractivity contribution in [1.82, 2.24) is 19.6 Å². The molecule has 2 aliphatic heterocycles. The van der Waals surface area contributed by atoms with E-state index in [1.54, 1.807) is 15.8 Å². The Labute approximate surface area is 205 Å². The molecule has 1 amide bonds. The van der Waals surface area contributed by atoms with Crippen LogP contribution in [0.25, 0.3) is 0 Å². The van der Waals surface area contributed by atoms with Crippen LogP contribution in [-0.4, -0.2) is 82.1 Å². The highest BCUT2D eigenvalue weighted by Gasteiger charge is 2.47. The fourth-order valence-electron chi connectivity index (χ4n) is 5.17. The molecule has 1 saturated heterocycles. The molecule has 2 aromatic rings. The van der Waals surface area contributed by atoms with Crippen LogP contribution in [0.1, 0.15) is 37.7 Å². The lowest BCUT2D eigenvalue weighted by Crippen LogP contribution is -2.46. The Morgan fingerprint density at radius 3 is 2.80 bits per heavy atom. The SMILES string of the molecule is CCCCN(CCN)C(=O)CN1CC(c2ccc3c(c2)OCO3)C(C(=O)O)C1CCn1cccn1. The molecule has 0 radical (unpaired) electrons. The second-order valence-electron chi connectivity index (χ2n) is 9.16. The second-order valence-corrected chi connectivity index (χ2v) is 9.16. The summed E-state index contributed by atoms with van der Waals surface area (Å²) in [5.41, 5.74) is 6.64.